The highest BCUT2D eigenvalue weighted by atomic mass is 35.5. The Hall–Kier alpha value is -4.22. The molecule has 0 heterocycles. The Labute approximate surface area is 194 Å². The van der Waals surface area contributed by atoms with Gasteiger partial charge in [0.1, 0.15) is 11.4 Å². The topological polar surface area (TPSA) is 75.3 Å². The molecule has 1 amide bonds. The van der Waals surface area contributed by atoms with Crippen LogP contribution in [-0.4, -0.2) is 17.5 Å². The van der Waals surface area contributed by atoms with Crippen LogP contribution in [0.3, 0.4) is 0 Å². The van der Waals surface area contributed by atoms with Gasteiger partial charge in [0.25, 0.3) is 5.91 Å². The molecule has 0 aliphatic heterocycles. The number of halogens is 1. The second-order valence-electron chi connectivity index (χ2n) is 7.57. The van der Waals surface area contributed by atoms with E-state index >= 15 is 0 Å². The predicted molar refractivity (Wildman–Crippen MR) is 129 cm³/mol. The molecule has 1 aliphatic carbocycles. The summed E-state index contributed by atoms with van der Waals surface area (Å²) >= 11 is 5.92. The fourth-order valence-corrected chi connectivity index (χ4v) is 4.00. The van der Waals surface area contributed by atoms with E-state index in [1.807, 2.05) is 42.5 Å². The van der Waals surface area contributed by atoms with Crippen LogP contribution in [0, 0.1) is 0 Å². The van der Waals surface area contributed by atoms with E-state index in [-0.39, 0.29) is 28.3 Å². The van der Waals surface area contributed by atoms with E-state index in [9.17, 15) is 14.4 Å². The Balaban J connectivity index is 1.62. The molecular weight excluding hydrogens is 436 g/mol. The molecule has 0 saturated carbocycles. The van der Waals surface area contributed by atoms with E-state index in [2.05, 4.69) is 10.6 Å². The van der Waals surface area contributed by atoms with Gasteiger partial charge in [-0.1, -0.05) is 72.3 Å². The van der Waals surface area contributed by atoms with Crippen LogP contribution in [0.1, 0.15) is 31.1 Å². The van der Waals surface area contributed by atoms with Crippen LogP contribution < -0.4 is 10.6 Å². The van der Waals surface area contributed by atoms with Crippen LogP contribution in [0.2, 0.25) is 5.02 Å². The number of carbonyl (C=O) groups excluding carboxylic acids is 3. The standard InChI is InChI=1S/C27H17ClN2O3/c28-18-14-12-17(13-15-18)27(33)30-24-23(25(31)20-9-3-4-10-21(20)26(24)32)29-22-11-5-7-16-6-1-2-8-19(16)22/h1-15,29H,(H,30,33). The van der Waals surface area contributed by atoms with Crippen LogP contribution >= 0.6 is 11.6 Å². The average molecular weight is 453 g/mol. The molecule has 160 valence electrons. The predicted octanol–water partition coefficient (Wildman–Crippen LogP) is 5.63. The van der Waals surface area contributed by atoms with Gasteiger partial charge in [-0.3, -0.25) is 14.4 Å². The zero-order valence-corrected chi connectivity index (χ0v) is 18.0. The summed E-state index contributed by atoms with van der Waals surface area (Å²) in [6.45, 7) is 0. The first-order valence-corrected chi connectivity index (χ1v) is 10.6. The first-order chi connectivity index (χ1) is 16.0. The van der Waals surface area contributed by atoms with Crippen molar-refractivity contribution in [1.82, 2.24) is 5.32 Å². The molecule has 2 N–H and O–H groups in total. The largest absolute Gasteiger partial charge is 0.350 e. The lowest BCUT2D eigenvalue weighted by Gasteiger charge is -2.23. The van der Waals surface area contributed by atoms with E-state index in [1.54, 1.807) is 48.5 Å². The van der Waals surface area contributed by atoms with Gasteiger partial charge in [-0.15, -0.1) is 0 Å². The number of amides is 1. The van der Waals surface area contributed by atoms with Crippen molar-refractivity contribution in [2.24, 2.45) is 0 Å². The minimum absolute atomic E-state index is 0.0253. The van der Waals surface area contributed by atoms with Gasteiger partial charge in [0.2, 0.25) is 11.6 Å². The Bertz CT molecular complexity index is 1470. The van der Waals surface area contributed by atoms with Crippen LogP contribution in [0.4, 0.5) is 5.69 Å². The van der Waals surface area contributed by atoms with Crippen LogP contribution in [0.15, 0.2) is 102 Å². The minimum Gasteiger partial charge on any atom is -0.350 e. The molecule has 5 rings (SSSR count). The summed E-state index contributed by atoms with van der Waals surface area (Å²) in [5.74, 6) is -1.32. The van der Waals surface area contributed by atoms with E-state index in [0.29, 0.717) is 16.3 Å². The highest BCUT2D eigenvalue weighted by molar-refractivity contribution is 6.31. The molecule has 4 aromatic rings. The maximum atomic E-state index is 13.4. The number of benzene rings is 4. The molecule has 0 unspecified atom stereocenters. The van der Waals surface area contributed by atoms with Crippen LogP contribution in [0.5, 0.6) is 0 Å². The smallest absolute Gasteiger partial charge is 0.255 e. The molecule has 0 spiro atoms. The highest BCUT2D eigenvalue weighted by Gasteiger charge is 2.33. The third kappa shape index (κ3) is 3.79. The van der Waals surface area contributed by atoms with Gasteiger partial charge in [-0.05, 0) is 35.7 Å². The van der Waals surface area contributed by atoms with Gasteiger partial charge in [-0.2, -0.15) is 0 Å². The number of carbonyl (C=O) groups is 3. The average Bonchev–Trinajstić information content (AvgIpc) is 2.85. The third-order valence-corrected chi connectivity index (χ3v) is 5.77. The fraction of sp³-hybridized carbons (Fsp3) is 0. The second-order valence-corrected chi connectivity index (χ2v) is 8.00. The molecule has 0 atom stereocenters. The third-order valence-electron chi connectivity index (χ3n) is 5.51. The molecule has 0 saturated heterocycles. The van der Waals surface area contributed by atoms with Gasteiger partial charge in [-0.25, -0.2) is 0 Å². The van der Waals surface area contributed by atoms with Gasteiger partial charge in [0.05, 0.1) is 0 Å². The maximum absolute atomic E-state index is 13.4. The van der Waals surface area contributed by atoms with Crippen molar-refractivity contribution < 1.29 is 14.4 Å². The van der Waals surface area contributed by atoms with Gasteiger partial charge in [0.15, 0.2) is 0 Å². The lowest BCUT2D eigenvalue weighted by molar-refractivity contribution is 0.0920. The van der Waals surface area contributed by atoms with Crippen molar-refractivity contribution in [3.05, 3.63) is 124 Å². The molecule has 1 aliphatic rings. The minimum atomic E-state index is -0.514. The van der Waals surface area contributed by atoms with Crippen LogP contribution in [-0.2, 0) is 0 Å². The van der Waals surface area contributed by atoms with Crippen molar-refractivity contribution in [2.45, 2.75) is 0 Å². The SMILES string of the molecule is O=C(NC1=C(Nc2cccc3ccccc23)C(=O)c2ccccc2C1=O)c1ccc(Cl)cc1. The molecule has 0 aromatic heterocycles. The first kappa shape index (κ1) is 20.7. The molecule has 0 fully saturated rings. The Morgan fingerprint density at radius 2 is 1.27 bits per heavy atom. The van der Waals surface area contributed by atoms with E-state index < -0.39 is 11.7 Å². The zero-order chi connectivity index (χ0) is 22.9. The summed E-state index contributed by atoms with van der Waals surface area (Å²) in [6.07, 6.45) is 0. The number of hydrogen-bond donors (Lipinski definition) is 2. The summed E-state index contributed by atoms with van der Waals surface area (Å²) in [6, 6.07) is 26.2. The Kier molecular flexibility index (Phi) is 5.24. The molecule has 0 bridgehead atoms. The molecule has 4 aromatic carbocycles. The molecular formula is C27H17ClN2O3. The summed E-state index contributed by atoms with van der Waals surface area (Å²) in [5.41, 5.74) is 1.44. The number of ketones is 2. The number of fused-ring (bicyclic) bond motifs is 2. The van der Waals surface area contributed by atoms with Gasteiger partial charge >= 0.3 is 0 Å². The Morgan fingerprint density at radius 3 is 2.00 bits per heavy atom. The summed E-state index contributed by atoms with van der Waals surface area (Å²) in [4.78, 5) is 39.7. The monoisotopic (exact) mass is 452 g/mol. The number of Topliss-reactive ketones (excluding diaryl/α,β-unsaturated/α-hetero) is 2. The van der Waals surface area contributed by atoms with Gasteiger partial charge in [0, 0.05) is 32.8 Å². The normalized spacial score (nSPS) is 13.1. The van der Waals surface area contributed by atoms with Crippen molar-refractivity contribution >= 4 is 45.5 Å². The lowest BCUT2D eigenvalue weighted by atomic mass is 9.90. The summed E-state index contributed by atoms with van der Waals surface area (Å²) in [7, 11) is 0. The lowest BCUT2D eigenvalue weighted by Crippen LogP contribution is -2.36. The Morgan fingerprint density at radius 1 is 0.667 bits per heavy atom. The highest BCUT2D eigenvalue weighted by Crippen LogP contribution is 2.30. The number of hydrogen-bond acceptors (Lipinski definition) is 4. The first-order valence-electron chi connectivity index (χ1n) is 10.3. The number of anilines is 1. The van der Waals surface area contributed by atoms with Crippen molar-refractivity contribution in [3.8, 4) is 0 Å². The number of rotatable bonds is 4. The molecule has 33 heavy (non-hydrogen) atoms. The molecule has 0 radical (unpaired) electrons. The van der Waals surface area contributed by atoms with Crippen molar-refractivity contribution in [1.29, 1.82) is 0 Å². The van der Waals surface area contributed by atoms with E-state index in [4.69, 9.17) is 11.6 Å². The van der Waals surface area contributed by atoms with E-state index in [0.717, 1.165) is 10.8 Å². The van der Waals surface area contributed by atoms with Crippen LogP contribution in [0.25, 0.3) is 10.8 Å². The van der Waals surface area contributed by atoms with Crippen molar-refractivity contribution in [3.63, 3.8) is 0 Å². The number of nitrogens with one attached hydrogen (secondary N) is 2. The second kappa shape index (κ2) is 8.37. The van der Waals surface area contributed by atoms with Crippen molar-refractivity contribution in [2.75, 3.05) is 5.32 Å². The fourth-order valence-electron chi connectivity index (χ4n) is 3.87. The molecule has 5 nitrogen and oxygen atoms in total. The van der Waals surface area contributed by atoms with E-state index in [1.165, 1.54) is 0 Å². The summed E-state index contributed by atoms with van der Waals surface area (Å²) in [5, 5.41) is 8.14. The quantitative estimate of drug-likeness (QED) is 0.421. The number of allylic oxidation sites excluding steroid dienone is 2. The maximum Gasteiger partial charge on any atom is 0.255 e. The summed E-state index contributed by atoms with van der Waals surface area (Å²) < 4.78 is 0. The van der Waals surface area contributed by atoms with Gasteiger partial charge < -0.3 is 10.6 Å². The molecule has 6 heteroatoms. The zero-order valence-electron chi connectivity index (χ0n) is 17.3.